The number of hydrogen-bond acceptors (Lipinski definition) is 3. The fraction of sp³-hybridized carbons (Fsp3) is 0.438. The van der Waals surface area contributed by atoms with Crippen molar-refractivity contribution in [1.29, 1.82) is 0 Å². The van der Waals surface area contributed by atoms with Gasteiger partial charge in [0.15, 0.2) is 0 Å². The van der Waals surface area contributed by atoms with Crippen LogP contribution >= 0.6 is 0 Å². The number of hydrogen-bond donors (Lipinski definition) is 1. The maximum absolute atomic E-state index is 12.1. The molecular weight excluding hydrogens is 264 g/mol. The highest BCUT2D eigenvalue weighted by atomic mass is 16.1. The van der Waals surface area contributed by atoms with Crippen molar-refractivity contribution in [2.45, 2.75) is 40.7 Å². The molecule has 0 spiro atoms. The second-order valence-electron chi connectivity index (χ2n) is 5.67. The van der Waals surface area contributed by atoms with Crippen molar-refractivity contribution < 1.29 is 4.79 Å². The molecule has 0 fully saturated rings. The standard InChI is InChI=1S/C16H22N4O/c1-11(2)10-20-13(4)14(12(3)19-20)9-16(21)18-15-7-5-6-8-17-15/h5-8,11H,9-10H2,1-4H3,(H,17,18,21). The summed E-state index contributed by atoms with van der Waals surface area (Å²) >= 11 is 0. The Balaban J connectivity index is 2.09. The minimum Gasteiger partial charge on any atom is -0.310 e. The first kappa shape index (κ1) is 15.2. The number of amides is 1. The molecule has 2 aromatic rings. The number of anilines is 1. The Morgan fingerprint density at radius 1 is 1.33 bits per heavy atom. The Morgan fingerprint density at radius 3 is 2.71 bits per heavy atom. The minimum atomic E-state index is -0.0657. The Hall–Kier alpha value is -2.17. The molecule has 0 saturated carbocycles. The van der Waals surface area contributed by atoms with E-state index in [2.05, 4.69) is 29.2 Å². The summed E-state index contributed by atoms with van der Waals surface area (Å²) in [6, 6.07) is 5.44. The highest BCUT2D eigenvalue weighted by molar-refractivity contribution is 5.91. The predicted octanol–water partition coefficient (Wildman–Crippen LogP) is 2.73. The lowest BCUT2D eigenvalue weighted by Gasteiger charge is -2.08. The van der Waals surface area contributed by atoms with Gasteiger partial charge in [-0.1, -0.05) is 19.9 Å². The summed E-state index contributed by atoms with van der Waals surface area (Å²) in [4.78, 5) is 16.2. The normalized spacial score (nSPS) is 10.9. The van der Waals surface area contributed by atoms with Crippen LogP contribution in [0.25, 0.3) is 0 Å². The Kier molecular flexibility index (Phi) is 4.73. The molecule has 0 aliphatic rings. The highest BCUT2D eigenvalue weighted by Gasteiger charge is 2.15. The van der Waals surface area contributed by atoms with Crippen molar-refractivity contribution in [2.24, 2.45) is 5.92 Å². The maximum atomic E-state index is 12.1. The van der Waals surface area contributed by atoms with Crippen molar-refractivity contribution in [1.82, 2.24) is 14.8 Å². The summed E-state index contributed by atoms with van der Waals surface area (Å²) in [5.74, 6) is 1.04. The van der Waals surface area contributed by atoms with Crippen LogP contribution in [0.4, 0.5) is 5.82 Å². The van der Waals surface area contributed by atoms with Gasteiger partial charge >= 0.3 is 0 Å². The van der Waals surface area contributed by atoms with E-state index in [0.29, 0.717) is 18.2 Å². The topological polar surface area (TPSA) is 59.8 Å². The van der Waals surface area contributed by atoms with E-state index in [1.165, 1.54) is 0 Å². The largest absolute Gasteiger partial charge is 0.310 e. The lowest BCUT2D eigenvalue weighted by atomic mass is 10.1. The molecule has 0 unspecified atom stereocenters. The molecule has 0 aromatic carbocycles. The lowest BCUT2D eigenvalue weighted by molar-refractivity contribution is -0.115. The second-order valence-corrected chi connectivity index (χ2v) is 5.67. The van der Waals surface area contributed by atoms with Crippen LogP contribution in [0.5, 0.6) is 0 Å². The molecule has 0 aliphatic heterocycles. The quantitative estimate of drug-likeness (QED) is 0.919. The van der Waals surface area contributed by atoms with Crippen LogP contribution in [0.1, 0.15) is 30.8 Å². The van der Waals surface area contributed by atoms with Gasteiger partial charge in [-0.15, -0.1) is 0 Å². The smallest absolute Gasteiger partial charge is 0.230 e. The Morgan fingerprint density at radius 2 is 2.10 bits per heavy atom. The van der Waals surface area contributed by atoms with E-state index in [1.807, 2.05) is 30.7 Å². The van der Waals surface area contributed by atoms with Gasteiger partial charge in [-0.05, 0) is 31.9 Å². The van der Waals surface area contributed by atoms with Crippen molar-refractivity contribution in [3.63, 3.8) is 0 Å². The molecule has 5 nitrogen and oxygen atoms in total. The van der Waals surface area contributed by atoms with Crippen molar-refractivity contribution in [2.75, 3.05) is 5.32 Å². The van der Waals surface area contributed by atoms with Gasteiger partial charge in [-0.3, -0.25) is 9.48 Å². The van der Waals surface area contributed by atoms with Crippen LogP contribution in [-0.4, -0.2) is 20.7 Å². The number of carbonyl (C=O) groups excluding carboxylic acids is 1. The molecule has 0 radical (unpaired) electrons. The molecule has 112 valence electrons. The van der Waals surface area contributed by atoms with Crippen LogP contribution < -0.4 is 5.32 Å². The second kappa shape index (κ2) is 6.52. The molecule has 5 heteroatoms. The number of rotatable bonds is 5. The fourth-order valence-electron chi connectivity index (χ4n) is 2.30. The molecule has 0 atom stereocenters. The van der Waals surface area contributed by atoms with Crippen LogP contribution in [0.3, 0.4) is 0 Å². The molecule has 1 N–H and O–H groups in total. The van der Waals surface area contributed by atoms with Gasteiger partial charge in [-0.2, -0.15) is 5.10 Å². The Labute approximate surface area is 125 Å². The SMILES string of the molecule is Cc1nn(CC(C)C)c(C)c1CC(=O)Nc1ccccn1. The van der Waals surface area contributed by atoms with Crippen LogP contribution in [0, 0.1) is 19.8 Å². The van der Waals surface area contributed by atoms with Crippen LogP contribution in [0.15, 0.2) is 24.4 Å². The third kappa shape index (κ3) is 3.90. The van der Waals surface area contributed by atoms with E-state index < -0.39 is 0 Å². The predicted molar refractivity (Wildman–Crippen MR) is 83.1 cm³/mol. The van der Waals surface area contributed by atoms with Gasteiger partial charge in [0.05, 0.1) is 12.1 Å². The van der Waals surface area contributed by atoms with Gasteiger partial charge in [0.1, 0.15) is 5.82 Å². The molecule has 2 aromatic heterocycles. The summed E-state index contributed by atoms with van der Waals surface area (Å²) in [5.41, 5.74) is 2.99. The van der Waals surface area contributed by atoms with E-state index >= 15 is 0 Å². The van der Waals surface area contributed by atoms with E-state index in [0.717, 1.165) is 23.5 Å². The summed E-state index contributed by atoms with van der Waals surface area (Å²) < 4.78 is 1.99. The molecule has 0 bridgehead atoms. The maximum Gasteiger partial charge on any atom is 0.230 e. The average Bonchev–Trinajstić information content (AvgIpc) is 2.67. The first-order valence-corrected chi connectivity index (χ1v) is 7.21. The van der Waals surface area contributed by atoms with E-state index in [1.54, 1.807) is 12.3 Å². The van der Waals surface area contributed by atoms with Gasteiger partial charge < -0.3 is 5.32 Å². The summed E-state index contributed by atoms with van der Waals surface area (Å²) in [6.45, 7) is 9.15. The van der Waals surface area contributed by atoms with Crippen molar-refractivity contribution >= 4 is 11.7 Å². The van der Waals surface area contributed by atoms with Crippen LogP contribution in [-0.2, 0) is 17.8 Å². The van der Waals surface area contributed by atoms with Crippen molar-refractivity contribution in [3.05, 3.63) is 41.3 Å². The number of nitrogens with one attached hydrogen (secondary N) is 1. The molecule has 0 saturated heterocycles. The van der Waals surface area contributed by atoms with Gasteiger partial charge in [0.25, 0.3) is 0 Å². The first-order chi connectivity index (χ1) is 9.97. The Bertz CT molecular complexity index is 617. The van der Waals surface area contributed by atoms with E-state index in [9.17, 15) is 4.79 Å². The zero-order valence-electron chi connectivity index (χ0n) is 13.1. The van der Waals surface area contributed by atoms with Gasteiger partial charge in [0.2, 0.25) is 5.91 Å². The molecular formula is C16H22N4O. The molecule has 21 heavy (non-hydrogen) atoms. The van der Waals surface area contributed by atoms with Crippen LogP contribution in [0.2, 0.25) is 0 Å². The zero-order chi connectivity index (χ0) is 15.4. The summed E-state index contributed by atoms with van der Waals surface area (Å²) in [6.07, 6.45) is 1.99. The third-order valence-electron chi connectivity index (χ3n) is 3.34. The number of aromatic nitrogens is 3. The number of pyridine rings is 1. The number of nitrogens with zero attached hydrogens (tertiary/aromatic N) is 3. The van der Waals surface area contributed by atoms with E-state index in [-0.39, 0.29) is 5.91 Å². The molecule has 2 rings (SSSR count). The van der Waals surface area contributed by atoms with Gasteiger partial charge in [-0.25, -0.2) is 4.98 Å². The zero-order valence-corrected chi connectivity index (χ0v) is 13.1. The summed E-state index contributed by atoms with van der Waals surface area (Å²) in [7, 11) is 0. The summed E-state index contributed by atoms with van der Waals surface area (Å²) in [5, 5.41) is 7.34. The van der Waals surface area contributed by atoms with Crippen molar-refractivity contribution in [3.8, 4) is 0 Å². The average molecular weight is 286 g/mol. The number of aryl methyl sites for hydroxylation is 1. The highest BCUT2D eigenvalue weighted by Crippen LogP contribution is 2.16. The monoisotopic (exact) mass is 286 g/mol. The number of carbonyl (C=O) groups is 1. The molecule has 2 heterocycles. The van der Waals surface area contributed by atoms with E-state index in [4.69, 9.17) is 0 Å². The molecule has 0 aliphatic carbocycles. The fourth-order valence-corrected chi connectivity index (χ4v) is 2.30. The third-order valence-corrected chi connectivity index (χ3v) is 3.34. The van der Waals surface area contributed by atoms with Gasteiger partial charge in [0, 0.05) is 24.0 Å². The lowest BCUT2D eigenvalue weighted by Crippen LogP contribution is -2.16. The first-order valence-electron chi connectivity index (χ1n) is 7.21. The molecule has 1 amide bonds. The minimum absolute atomic E-state index is 0.0657.